The molecule has 13 heavy (non-hydrogen) atoms. The second-order valence-electron chi connectivity index (χ2n) is 4.13. The van der Waals surface area contributed by atoms with Crippen LogP contribution in [0.3, 0.4) is 0 Å². The lowest BCUT2D eigenvalue weighted by Crippen LogP contribution is -2.37. The molecule has 3 heteroatoms. The smallest absolute Gasteiger partial charge is 0.0584 e. The third kappa shape index (κ3) is 4.99. The Morgan fingerprint density at radius 3 is 2.15 bits per heavy atom. The van der Waals surface area contributed by atoms with Gasteiger partial charge < -0.3 is 10.0 Å². The minimum absolute atomic E-state index is 0.240. The lowest BCUT2D eigenvalue weighted by molar-refractivity contribution is 0.137. The van der Waals surface area contributed by atoms with Gasteiger partial charge in [-0.25, -0.2) is 0 Å². The van der Waals surface area contributed by atoms with Gasteiger partial charge in [-0.15, -0.1) is 0 Å². The van der Waals surface area contributed by atoms with Crippen LogP contribution in [0.2, 0.25) is 0 Å². The van der Waals surface area contributed by atoms with Crippen LogP contribution in [0.1, 0.15) is 20.8 Å². The van der Waals surface area contributed by atoms with Crippen LogP contribution in [0.25, 0.3) is 0 Å². The normalized spacial score (nSPS) is 16.6. The van der Waals surface area contributed by atoms with Crippen molar-refractivity contribution in [3.63, 3.8) is 0 Å². The van der Waals surface area contributed by atoms with Gasteiger partial charge in [0, 0.05) is 17.9 Å². The first kappa shape index (κ1) is 13.4. The maximum Gasteiger partial charge on any atom is 0.0584 e. The molecule has 0 aromatic rings. The Balaban J connectivity index is 3.93. The Kier molecular flexibility index (Phi) is 7.00. The van der Waals surface area contributed by atoms with Crippen molar-refractivity contribution in [2.75, 3.05) is 25.5 Å². The molecule has 0 saturated carbocycles. The highest BCUT2D eigenvalue weighted by Crippen LogP contribution is 2.15. The SMILES string of the molecule is CC(C)C(CBr)CN(C)C(C)CO. The molecule has 0 spiro atoms. The molecular formula is C10H22BrNO. The molecule has 0 aromatic carbocycles. The van der Waals surface area contributed by atoms with Crippen molar-refractivity contribution in [2.45, 2.75) is 26.8 Å². The number of nitrogens with zero attached hydrogens (tertiary/aromatic N) is 1. The van der Waals surface area contributed by atoms with E-state index in [-0.39, 0.29) is 12.6 Å². The van der Waals surface area contributed by atoms with Crippen molar-refractivity contribution in [3.8, 4) is 0 Å². The Morgan fingerprint density at radius 2 is 1.85 bits per heavy atom. The van der Waals surface area contributed by atoms with Gasteiger partial charge in [-0.05, 0) is 25.8 Å². The number of hydrogen-bond acceptors (Lipinski definition) is 2. The summed E-state index contributed by atoms with van der Waals surface area (Å²) in [5.41, 5.74) is 0. The third-order valence-corrected chi connectivity index (χ3v) is 3.51. The molecule has 80 valence electrons. The zero-order valence-corrected chi connectivity index (χ0v) is 10.7. The van der Waals surface area contributed by atoms with E-state index in [2.05, 4.69) is 41.7 Å². The van der Waals surface area contributed by atoms with Crippen LogP contribution in [0, 0.1) is 11.8 Å². The second-order valence-corrected chi connectivity index (χ2v) is 4.78. The molecule has 0 aliphatic carbocycles. The summed E-state index contributed by atoms with van der Waals surface area (Å²) >= 11 is 3.53. The summed E-state index contributed by atoms with van der Waals surface area (Å²) < 4.78 is 0. The molecule has 0 aliphatic heterocycles. The number of aliphatic hydroxyl groups is 1. The Morgan fingerprint density at radius 1 is 1.31 bits per heavy atom. The van der Waals surface area contributed by atoms with Crippen LogP contribution in [0.15, 0.2) is 0 Å². The molecular weight excluding hydrogens is 230 g/mol. The summed E-state index contributed by atoms with van der Waals surface area (Å²) in [6.45, 7) is 7.81. The first-order valence-electron chi connectivity index (χ1n) is 4.90. The molecule has 0 rings (SSSR count). The van der Waals surface area contributed by atoms with Gasteiger partial charge in [0.15, 0.2) is 0 Å². The molecule has 2 nitrogen and oxygen atoms in total. The number of hydrogen-bond donors (Lipinski definition) is 1. The van der Waals surface area contributed by atoms with Crippen LogP contribution in [-0.2, 0) is 0 Å². The first-order chi connectivity index (χ1) is 6.02. The van der Waals surface area contributed by atoms with E-state index in [1.54, 1.807) is 0 Å². The molecule has 0 amide bonds. The van der Waals surface area contributed by atoms with Crippen molar-refractivity contribution in [2.24, 2.45) is 11.8 Å². The van der Waals surface area contributed by atoms with E-state index in [4.69, 9.17) is 5.11 Å². The summed E-state index contributed by atoms with van der Waals surface area (Å²) in [4.78, 5) is 2.21. The number of rotatable bonds is 6. The zero-order valence-electron chi connectivity index (χ0n) is 9.13. The quantitative estimate of drug-likeness (QED) is 0.730. The predicted molar refractivity (Wildman–Crippen MR) is 61.3 cm³/mol. The highest BCUT2D eigenvalue weighted by molar-refractivity contribution is 9.09. The van der Waals surface area contributed by atoms with Gasteiger partial charge in [0.05, 0.1) is 6.61 Å². The predicted octanol–water partition coefficient (Wildman–Crippen LogP) is 1.97. The summed E-state index contributed by atoms with van der Waals surface area (Å²) in [6.07, 6.45) is 0. The summed E-state index contributed by atoms with van der Waals surface area (Å²) in [6, 6.07) is 0.264. The molecule has 0 radical (unpaired) electrons. The highest BCUT2D eigenvalue weighted by atomic mass is 79.9. The van der Waals surface area contributed by atoms with E-state index in [0.717, 1.165) is 11.9 Å². The molecule has 0 aromatic heterocycles. The number of aliphatic hydroxyl groups excluding tert-OH is 1. The van der Waals surface area contributed by atoms with E-state index in [9.17, 15) is 0 Å². The average molecular weight is 252 g/mol. The van der Waals surface area contributed by atoms with Crippen LogP contribution in [-0.4, -0.2) is 41.6 Å². The van der Waals surface area contributed by atoms with Crippen molar-refractivity contribution >= 4 is 15.9 Å². The molecule has 0 saturated heterocycles. The Labute approximate surface area is 90.4 Å². The van der Waals surface area contributed by atoms with Crippen molar-refractivity contribution in [3.05, 3.63) is 0 Å². The zero-order chi connectivity index (χ0) is 10.4. The number of likely N-dealkylation sites (N-methyl/N-ethyl adjacent to an activating group) is 1. The average Bonchev–Trinajstić information content (AvgIpc) is 2.11. The maximum atomic E-state index is 8.98. The van der Waals surface area contributed by atoms with Crippen LogP contribution >= 0.6 is 15.9 Å². The van der Waals surface area contributed by atoms with E-state index in [1.807, 2.05) is 6.92 Å². The van der Waals surface area contributed by atoms with Gasteiger partial charge >= 0.3 is 0 Å². The van der Waals surface area contributed by atoms with Gasteiger partial charge in [0.1, 0.15) is 0 Å². The Hall–Kier alpha value is 0.400. The second kappa shape index (κ2) is 6.80. The highest BCUT2D eigenvalue weighted by Gasteiger charge is 2.16. The minimum atomic E-state index is 0.240. The topological polar surface area (TPSA) is 23.5 Å². The first-order valence-corrected chi connectivity index (χ1v) is 6.02. The molecule has 0 aliphatic rings. The summed E-state index contributed by atoms with van der Waals surface area (Å²) in [7, 11) is 2.07. The third-order valence-electron chi connectivity index (χ3n) is 2.68. The van der Waals surface area contributed by atoms with Crippen LogP contribution in [0.4, 0.5) is 0 Å². The van der Waals surface area contributed by atoms with Crippen molar-refractivity contribution in [1.82, 2.24) is 4.90 Å². The standard InChI is InChI=1S/C10H22BrNO/c1-8(2)10(5-11)6-12(4)9(3)7-13/h8-10,13H,5-7H2,1-4H3. The van der Waals surface area contributed by atoms with Gasteiger partial charge in [0.2, 0.25) is 0 Å². The van der Waals surface area contributed by atoms with Gasteiger partial charge in [-0.3, -0.25) is 0 Å². The number of alkyl halides is 1. The van der Waals surface area contributed by atoms with E-state index < -0.39 is 0 Å². The maximum absolute atomic E-state index is 8.98. The fraction of sp³-hybridized carbons (Fsp3) is 1.00. The molecule has 0 heterocycles. The number of halogens is 1. The van der Waals surface area contributed by atoms with Crippen molar-refractivity contribution < 1.29 is 5.11 Å². The molecule has 2 unspecified atom stereocenters. The lowest BCUT2D eigenvalue weighted by atomic mass is 9.97. The van der Waals surface area contributed by atoms with Crippen molar-refractivity contribution in [1.29, 1.82) is 0 Å². The van der Waals surface area contributed by atoms with Crippen LogP contribution < -0.4 is 0 Å². The lowest BCUT2D eigenvalue weighted by Gasteiger charge is -2.29. The fourth-order valence-corrected chi connectivity index (χ4v) is 2.08. The molecule has 2 atom stereocenters. The summed E-state index contributed by atoms with van der Waals surface area (Å²) in [5, 5.41) is 10.0. The van der Waals surface area contributed by atoms with Gasteiger partial charge in [0.25, 0.3) is 0 Å². The minimum Gasteiger partial charge on any atom is -0.395 e. The van der Waals surface area contributed by atoms with E-state index >= 15 is 0 Å². The molecule has 0 bridgehead atoms. The van der Waals surface area contributed by atoms with E-state index in [1.165, 1.54) is 0 Å². The van der Waals surface area contributed by atoms with Crippen LogP contribution in [0.5, 0.6) is 0 Å². The Bertz CT molecular complexity index is 130. The van der Waals surface area contributed by atoms with Gasteiger partial charge in [-0.1, -0.05) is 29.8 Å². The van der Waals surface area contributed by atoms with E-state index in [0.29, 0.717) is 11.8 Å². The molecule has 1 N–H and O–H groups in total. The van der Waals surface area contributed by atoms with Gasteiger partial charge in [-0.2, -0.15) is 0 Å². The summed E-state index contributed by atoms with van der Waals surface area (Å²) in [5.74, 6) is 1.35. The fourth-order valence-electron chi connectivity index (χ4n) is 1.13. The monoisotopic (exact) mass is 251 g/mol. The molecule has 0 fully saturated rings. The largest absolute Gasteiger partial charge is 0.395 e.